The third-order valence-corrected chi connectivity index (χ3v) is 3.23. The lowest BCUT2D eigenvalue weighted by Gasteiger charge is -2.28. The van der Waals surface area contributed by atoms with Gasteiger partial charge < -0.3 is 19.9 Å². The van der Waals surface area contributed by atoms with Crippen molar-refractivity contribution in [2.45, 2.75) is 6.18 Å². The lowest BCUT2D eigenvalue weighted by Crippen LogP contribution is -2.42. The van der Waals surface area contributed by atoms with E-state index in [0.29, 0.717) is 5.69 Å². The van der Waals surface area contributed by atoms with Gasteiger partial charge in [0.05, 0.1) is 5.56 Å². The quantitative estimate of drug-likeness (QED) is 0.862. The summed E-state index contributed by atoms with van der Waals surface area (Å²) in [6.07, 6.45) is -4.24. The van der Waals surface area contributed by atoms with Crippen LogP contribution in [0.3, 0.4) is 0 Å². The first-order valence-electron chi connectivity index (χ1n) is 6.84. The van der Waals surface area contributed by atoms with E-state index < -0.39 is 11.7 Å². The Morgan fingerprint density at radius 1 is 0.955 bits per heavy atom. The Hall–Kier alpha value is -1.60. The number of benzene rings is 1. The summed E-state index contributed by atoms with van der Waals surface area (Å²) in [5, 5.41) is 2.74. The molecule has 4 nitrogen and oxygen atoms in total. The fourth-order valence-corrected chi connectivity index (χ4v) is 1.73. The minimum atomic E-state index is -4.24. The zero-order valence-corrected chi connectivity index (χ0v) is 13.3. The van der Waals surface area contributed by atoms with Crippen molar-refractivity contribution < 1.29 is 18.0 Å². The largest absolute Gasteiger partial charge is 0.416 e. The van der Waals surface area contributed by atoms with E-state index in [4.69, 9.17) is 4.79 Å². The molecule has 0 atom stereocenters. The standard InChI is InChI=1S/C8H8F3N.C6H14N2.CH2O/c1-12-7-4-2-6(3-5-7)8(9,10)11;1-7-3-5-8(2)6-4-7;1-2/h2-5,12H,1H3;3-6H2,1-2H3;1H2. The fourth-order valence-electron chi connectivity index (χ4n) is 1.73. The molecule has 0 radical (unpaired) electrons. The first-order chi connectivity index (χ1) is 10.3. The molecule has 7 heteroatoms. The highest BCUT2D eigenvalue weighted by atomic mass is 19.4. The molecule has 1 saturated heterocycles. The zero-order valence-electron chi connectivity index (χ0n) is 13.3. The number of hydrogen-bond acceptors (Lipinski definition) is 4. The third-order valence-electron chi connectivity index (χ3n) is 3.23. The summed E-state index contributed by atoms with van der Waals surface area (Å²) in [6.45, 7) is 6.93. The number of carbonyl (C=O) groups excluding carboxylic acids is 1. The molecular weight excluding hydrogens is 295 g/mol. The lowest BCUT2D eigenvalue weighted by atomic mass is 10.2. The number of carbonyl (C=O) groups is 1. The van der Waals surface area contributed by atoms with Crippen LogP contribution in [0.5, 0.6) is 0 Å². The second kappa shape index (κ2) is 10.2. The number of halogens is 3. The molecule has 0 aliphatic carbocycles. The van der Waals surface area contributed by atoms with Gasteiger partial charge in [-0.1, -0.05) is 0 Å². The van der Waals surface area contributed by atoms with Gasteiger partial charge in [-0.25, -0.2) is 0 Å². The van der Waals surface area contributed by atoms with Gasteiger partial charge in [0.25, 0.3) is 0 Å². The van der Waals surface area contributed by atoms with Crippen LogP contribution >= 0.6 is 0 Å². The van der Waals surface area contributed by atoms with Crippen molar-refractivity contribution in [3.8, 4) is 0 Å². The number of rotatable bonds is 1. The highest BCUT2D eigenvalue weighted by Crippen LogP contribution is 2.29. The zero-order chi connectivity index (χ0) is 17.2. The summed E-state index contributed by atoms with van der Waals surface area (Å²) in [4.78, 5) is 12.7. The van der Waals surface area contributed by atoms with Gasteiger partial charge in [-0.05, 0) is 38.4 Å². The van der Waals surface area contributed by atoms with Gasteiger partial charge in [-0.3, -0.25) is 0 Å². The van der Waals surface area contributed by atoms with Gasteiger partial charge in [0.2, 0.25) is 0 Å². The summed E-state index contributed by atoms with van der Waals surface area (Å²) in [5.41, 5.74) is 0.0458. The molecule has 0 bridgehead atoms. The molecule has 1 heterocycles. The van der Waals surface area contributed by atoms with Gasteiger partial charge in [0.15, 0.2) is 0 Å². The number of hydrogen-bond donors (Lipinski definition) is 1. The van der Waals surface area contributed by atoms with Crippen LogP contribution in [0.25, 0.3) is 0 Å². The Balaban J connectivity index is 0.000000382. The van der Waals surface area contributed by atoms with Crippen molar-refractivity contribution in [1.82, 2.24) is 9.80 Å². The number of likely N-dealkylation sites (N-methyl/N-ethyl adjacent to an activating group) is 2. The molecule has 0 saturated carbocycles. The number of anilines is 1. The van der Waals surface area contributed by atoms with Gasteiger partial charge in [0.1, 0.15) is 6.79 Å². The predicted molar refractivity (Wildman–Crippen MR) is 83.1 cm³/mol. The number of nitrogens with zero attached hydrogens (tertiary/aromatic N) is 2. The Labute approximate surface area is 129 Å². The van der Waals surface area contributed by atoms with E-state index in [-0.39, 0.29) is 0 Å². The molecule has 126 valence electrons. The smallest absolute Gasteiger partial charge is 0.388 e. The predicted octanol–water partition coefficient (Wildman–Crippen LogP) is 2.43. The normalized spacial score (nSPS) is 15.9. The van der Waals surface area contributed by atoms with E-state index >= 15 is 0 Å². The third kappa shape index (κ3) is 7.99. The van der Waals surface area contributed by atoms with Crippen molar-refractivity contribution in [2.24, 2.45) is 0 Å². The molecule has 0 unspecified atom stereocenters. The molecule has 1 aliphatic rings. The molecule has 2 rings (SSSR count). The highest BCUT2D eigenvalue weighted by molar-refractivity contribution is 5.44. The summed E-state index contributed by atoms with van der Waals surface area (Å²) >= 11 is 0. The molecule has 0 spiro atoms. The topological polar surface area (TPSA) is 35.6 Å². The van der Waals surface area contributed by atoms with E-state index in [1.807, 2.05) is 6.79 Å². The molecule has 1 aromatic carbocycles. The maximum Gasteiger partial charge on any atom is 0.416 e. The Bertz CT molecular complexity index is 391. The molecule has 0 amide bonds. The second-order valence-electron chi connectivity index (χ2n) is 4.93. The number of alkyl halides is 3. The summed E-state index contributed by atoms with van der Waals surface area (Å²) in [6, 6.07) is 4.88. The maximum atomic E-state index is 12.0. The van der Waals surface area contributed by atoms with E-state index in [9.17, 15) is 13.2 Å². The van der Waals surface area contributed by atoms with Gasteiger partial charge >= 0.3 is 6.18 Å². The van der Waals surface area contributed by atoms with E-state index in [1.165, 1.54) is 38.3 Å². The summed E-state index contributed by atoms with van der Waals surface area (Å²) in [5.74, 6) is 0. The second-order valence-corrected chi connectivity index (χ2v) is 4.93. The fraction of sp³-hybridized carbons (Fsp3) is 0.533. The van der Waals surface area contributed by atoms with Crippen LogP contribution in [0.4, 0.5) is 18.9 Å². The van der Waals surface area contributed by atoms with Crippen LogP contribution in [0.2, 0.25) is 0 Å². The molecule has 0 aromatic heterocycles. The van der Waals surface area contributed by atoms with Crippen molar-refractivity contribution in [3.63, 3.8) is 0 Å². The van der Waals surface area contributed by atoms with Crippen molar-refractivity contribution in [1.29, 1.82) is 0 Å². The highest BCUT2D eigenvalue weighted by Gasteiger charge is 2.29. The Morgan fingerprint density at radius 2 is 1.32 bits per heavy atom. The van der Waals surface area contributed by atoms with Crippen molar-refractivity contribution >= 4 is 12.5 Å². The van der Waals surface area contributed by atoms with Crippen LogP contribution in [0, 0.1) is 0 Å². The minimum Gasteiger partial charge on any atom is -0.388 e. The minimum absolute atomic E-state index is 0.624. The molecule has 1 aliphatic heterocycles. The summed E-state index contributed by atoms with van der Waals surface area (Å²) in [7, 11) is 6.00. The van der Waals surface area contributed by atoms with Gasteiger partial charge in [-0.2, -0.15) is 13.2 Å². The van der Waals surface area contributed by atoms with Gasteiger partial charge in [0, 0.05) is 38.9 Å². The molecule has 1 aromatic rings. The van der Waals surface area contributed by atoms with Crippen LogP contribution in [-0.2, 0) is 11.0 Å². The van der Waals surface area contributed by atoms with Gasteiger partial charge in [-0.15, -0.1) is 0 Å². The number of nitrogens with one attached hydrogen (secondary N) is 1. The SMILES string of the molecule is C=O.CN1CCN(C)CC1.CNc1ccc(C(F)(F)F)cc1. The van der Waals surface area contributed by atoms with Crippen LogP contribution in [0.15, 0.2) is 24.3 Å². The number of piperazine rings is 1. The first kappa shape index (κ1) is 20.4. The monoisotopic (exact) mass is 319 g/mol. The van der Waals surface area contributed by atoms with Crippen LogP contribution in [0.1, 0.15) is 5.56 Å². The van der Waals surface area contributed by atoms with E-state index in [1.54, 1.807) is 7.05 Å². The summed E-state index contributed by atoms with van der Waals surface area (Å²) < 4.78 is 36.0. The average Bonchev–Trinajstić information content (AvgIpc) is 2.52. The van der Waals surface area contributed by atoms with Crippen molar-refractivity contribution in [3.05, 3.63) is 29.8 Å². The molecular formula is C15H24F3N3O. The average molecular weight is 319 g/mol. The van der Waals surface area contributed by atoms with Crippen LogP contribution in [-0.4, -0.2) is 63.9 Å². The molecule has 1 N–H and O–H groups in total. The Kier molecular flexibility index (Phi) is 9.44. The van der Waals surface area contributed by atoms with E-state index in [2.05, 4.69) is 29.2 Å². The van der Waals surface area contributed by atoms with E-state index in [0.717, 1.165) is 12.1 Å². The maximum absolute atomic E-state index is 12.0. The molecule has 22 heavy (non-hydrogen) atoms. The lowest BCUT2D eigenvalue weighted by molar-refractivity contribution is -0.137. The van der Waals surface area contributed by atoms with Crippen molar-refractivity contribution in [2.75, 3.05) is 52.6 Å². The molecule has 1 fully saturated rings. The first-order valence-corrected chi connectivity index (χ1v) is 6.84. The van der Waals surface area contributed by atoms with Crippen LogP contribution < -0.4 is 5.32 Å². The Morgan fingerprint density at radius 3 is 1.59 bits per heavy atom.